The van der Waals surface area contributed by atoms with Gasteiger partial charge in [0.15, 0.2) is 0 Å². The lowest BCUT2D eigenvalue weighted by Crippen LogP contribution is -2.52. The molecule has 0 spiro atoms. The third-order valence-corrected chi connectivity index (χ3v) is 4.91. The second-order valence-electron chi connectivity index (χ2n) is 6.86. The van der Waals surface area contributed by atoms with Crippen molar-refractivity contribution in [1.29, 1.82) is 0 Å². The van der Waals surface area contributed by atoms with Gasteiger partial charge in [0.25, 0.3) is 0 Å². The molecule has 2 aromatic rings. The molecule has 2 aromatic heterocycles. The lowest BCUT2D eigenvalue weighted by atomic mass is 10.1. The number of pyridine rings is 1. The SMILES string of the molecule is CCc1ccc(CN2CCN(Cc3cccc(C)n3)[C@@H](CCO)C2)o1. The minimum Gasteiger partial charge on any atom is -0.465 e. The highest BCUT2D eigenvalue weighted by Gasteiger charge is 2.27. The van der Waals surface area contributed by atoms with Crippen molar-refractivity contribution in [3.8, 4) is 0 Å². The first-order valence-electron chi connectivity index (χ1n) is 9.25. The summed E-state index contributed by atoms with van der Waals surface area (Å²) in [5.41, 5.74) is 2.16. The Labute approximate surface area is 150 Å². The van der Waals surface area contributed by atoms with Gasteiger partial charge in [-0.3, -0.25) is 14.8 Å². The summed E-state index contributed by atoms with van der Waals surface area (Å²) < 4.78 is 5.85. The molecule has 1 atom stereocenters. The van der Waals surface area contributed by atoms with Gasteiger partial charge in [-0.2, -0.15) is 0 Å². The van der Waals surface area contributed by atoms with Gasteiger partial charge in [0.1, 0.15) is 11.5 Å². The van der Waals surface area contributed by atoms with Crippen LogP contribution in [-0.4, -0.2) is 52.2 Å². The van der Waals surface area contributed by atoms with E-state index in [2.05, 4.69) is 46.0 Å². The van der Waals surface area contributed by atoms with Crippen molar-refractivity contribution in [2.24, 2.45) is 0 Å². The largest absolute Gasteiger partial charge is 0.465 e. The lowest BCUT2D eigenvalue weighted by molar-refractivity contribution is 0.0459. The summed E-state index contributed by atoms with van der Waals surface area (Å²) in [4.78, 5) is 9.51. The molecule has 5 heteroatoms. The van der Waals surface area contributed by atoms with E-state index >= 15 is 0 Å². The number of aliphatic hydroxyl groups is 1. The number of aliphatic hydroxyl groups excluding tert-OH is 1. The summed E-state index contributed by atoms with van der Waals surface area (Å²) in [5, 5.41) is 9.48. The number of piperazine rings is 1. The number of aryl methyl sites for hydroxylation is 2. The Kier molecular flexibility index (Phi) is 6.24. The van der Waals surface area contributed by atoms with Gasteiger partial charge in [0.2, 0.25) is 0 Å². The smallest absolute Gasteiger partial charge is 0.118 e. The van der Waals surface area contributed by atoms with Gasteiger partial charge < -0.3 is 9.52 Å². The van der Waals surface area contributed by atoms with Crippen LogP contribution in [0.4, 0.5) is 0 Å². The summed E-state index contributed by atoms with van der Waals surface area (Å²) in [6.07, 6.45) is 1.73. The first kappa shape index (κ1) is 18.1. The molecular weight excluding hydrogens is 314 g/mol. The molecule has 1 saturated heterocycles. The maximum Gasteiger partial charge on any atom is 0.118 e. The van der Waals surface area contributed by atoms with E-state index in [0.29, 0.717) is 6.04 Å². The fourth-order valence-corrected chi connectivity index (χ4v) is 3.55. The van der Waals surface area contributed by atoms with E-state index in [0.717, 1.165) is 68.5 Å². The third kappa shape index (κ3) is 4.91. The number of hydrogen-bond acceptors (Lipinski definition) is 5. The van der Waals surface area contributed by atoms with E-state index in [1.54, 1.807) is 0 Å². The maximum atomic E-state index is 9.48. The number of hydrogen-bond donors (Lipinski definition) is 1. The van der Waals surface area contributed by atoms with Crippen molar-refractivity contribution in [2.45, 2.75) is 45.8 Å². The molecule has 0 aromatic carbocycles. The van der Waals surface area contributed by atoms with Crippen LogP contribution in [0.3, 0.4) is 0 Å². The first-order chi connectivity index (χ1) is 12.2. The summed E-state index contributed by atoms with van der Waals surface area (Å²) in [6, 6.07) is 10.7. The molecule has 3 rings (SSSR count). The zero-order valence-corrected chi connectivity index (χ0v) is 15.3. The van der Waals surface area contributed by atoms with Crippen LogP contribution in [0, 0.1) is 6.92 Å². The Morgan fingerprint density at radius 1 is 1.16 bits per heavy atom. The van der Waals surface area contributed by atoms with E-state index in [9.17, 15) is 5.11 Å². The zero-order chi connectivity index (χ0) is 17.6. The lowest BCUT2D eigenvalue weighted by Gasteiger charge is -2.41. The molecule has 25 heavy (non-hydrogen) atoms. The van der Waals surface area contributed by atoms with E-state index < -0.39 is 0 Å². The van der Waals surface area contributed by atoms with Gasteiger partial charge in [0.05, 0.1) is 12.2 Å². The molecular formula is C20H29N3O2. The van der Waals surface area contributed by atoms with Crippen molar-refractivity contribution in [3.63, 3.8) is 0 Å². The Bertz CT molecular complexity index is 670. The predicted molar refractivity (Wildman–Crippen MR) is 98.2 cm³/mol. The molecule has 1 N–H and O–H groups in total. The Balaban J connectivity index is 1.61. The first-order valence-corrected chi connectivity index (χ1v) is 9.25. The highest BCUT2D eigenvalue weighted by atomic mass is 16.3. The average molecular weight is 343 g/mol. The van der Waals surface area contributed by atoms with Crippen LogP contribution < -0.4 is 0 Å². The normalized spacial score (nSPS) is 19.4. The number of rotatable bonds is 7. The van der Waals surface area contributed by atoms with Gasteiger partial charge in [-0.1, -0.05) is 13.0 Å². The fraction of sp³-hybridized carbons (Fsp3) is 0.550. The third-order valence-electron chi connectivity index (χ3n) is 4.91. The monoisotopic (exact) mass is 343 g/mol. The van der Waals surface area contributed by atoms with Gasteiger partial charge in [0, 0.05) is 50.9 Å². The summed E-state index contributed by atoms with van der Waals surface area (Å²) in [5.74, 6) is 2.08. The van der Waals surface area contributed by atoms with Crippen LogP contribution in [0.25, 0.3) is 0 Å². The van der Waals surface area contributed by atoms with Gasteiger partial charge in [-0.15, -0.1) is 0 Å². The standard InChI is InChI=1S/C20H29N3O2/c1-3-19-7-8-20(25-19)15-22-10-11-23(18(14-22)9-12-24)13-17-6-4-5-16(2)21-17/h4-8,18,24H,3,9-15H2,1-2H3/t18-/m0/s1. The van der Waals surface area contributed by atoms with Crippen molar-refractivity contribution in [2.75, 3.05) is 26.2 Å². The van der Waals surface area contributed by atoms with Gasteiger partial charge >= 0.3 is 0 Å². The molecule has 136 valence electrons. The van der Waals surface area contributed by atoms with E-state index in [4.69, 9.17) is 4.42 Å². The second-order valence-corrected chi connectivity index (χ2v) is 6.86. The molecule has 0 aliphatic carbocycles. The van der Waals surface area contributed by atoms with E-state index in [1.807, 2.05) is 13.0 Å². The summed E-state index contributed by atoms with van der Waals surface area (Å²) in [7, 11) is 0. The van der Waals surface area contributed by atoms with Crippen LogP contribution in [0.2, 0.25) is 0 Å². The van der Waals surface area contributed by atoms with Crippen molar-refractivity contribution in [1.82, 2.24) is 14.8 Å². The van der Waals surface area contributed by atoms with Crippen LogP contribution in [0.1, 0.15) is 36.3 Å². The van der Waals surface area contributed by atoms with Crippen molar-refractivity contribution < 1.29 is 9.52 Å². The topological polar surface area (TPSA) is 52.7 Å². The molecule has 5 nitrogen and oxygen atoms in total. The molecule has 0 amide bonds. The summed E-state index contributed by atoms with van der Waals surface area (Å²) >= 11 is 0. The van der Waals surface area contributed by atoms with Gasteiger partial charge in [-0.25, -0.2) is 0 Å². The average Bonchev–Trinajstić information content (AvgIpc) is 3.05. The predicted octanol–water partition coefficient (Wildman–Crippen LogP) is 2.61. The highest BCUT2D eigenvalue weighted by Crippen LogP contribution is 2.19. The number of furan rings is 1. The van der Waals surface area contributed by atoms with Gasteiger partial charge in [-0.05, 0) is 37.6 Å². The molecule has 3 heterocycles. The minimum absolute atomic E-state index is 0.219. The Hall–Kier alpha value is -1.69. The van der Waals surface area contributed by atoms with E-state index in [-0.39, 0.29) is 6.61 Å². The molecule has 0 bridgehead atoms. The van der Waals surface area contributed by atoms with Crippen LogP contribution in [0.15, 0.2) is 34.7 Å². The van der Waals surface area contributed by atoms with Crippen molar-refractivity contribution >= 4 is 0 Å². The quantitative estimate of drug-likeness (QED) is 0.837. The molecule has 0 radical (unpaired) electrons. The maximum absolute atomic E-state index is 9.48. The fourth-order valence-electron chi connectivity index (χ4n) is 3.55. The summed E-state index contributed by atoms with van der Waals surface area (Å²) in [6.45, 7) is 9.00. The molecule has 0 saturated carbocycles. The number of aromatic nitrogens is 1. The molecule has 1 aliphatic heterocycles. The van der Waals surface area contributed by atoms with Crippen LogP contribution in [0.5, 0.6) is 0 Å². The minimum atomic E-state index is 0.219. The molecule has 1 aliphatic rings. The van der Waals surface area contributed by atoms with E-state index in [1.165, 1.54) is 0 Å². The Morgan fingerprint density at radius 3 is 2.72 bits per heavy atom. The number of nitrogens with zero attached hydrogens (tertiary/aromatic N) is 3. The van der Waals surface area contributed by atoms with Crippen LogP contribution in [-0.2, 0) is 19.5 Å². The highest BCUT2D eigenvalue weighted by molar-refractivity contribution is 5.10. The van der Waals surface area contributed by atoms with Crippen molar-refractivity contribution in [3.05, 3.63) is 53.2 Å². The van der Waals surface area contributed by atoms with Crippen LogP contribution >= 0.6 is 0 Å². The molecule has 1 fully saturated rings. The zero-order valence-electron chi connectivity index (χ0n) is 15.3. The molecule has 0 unspecified atom stereocenters. The Morgan fingerprint density at radius 2 is 2.00 bits per heavy atom. The second kappa shape index (κ2) is 8.61.